The molecule has 0 amide bonds. The number of nitrogens with two attached hydrogens (primary N) is 1. The largest absolute Gasteiger partial charge is 0.573 e. The van der Waals surface area contributed by atoms with Crippen molar-refractivity contribution in [3.8, 4) is 5.75 Å². The second-order valence-electron chi connectivity index (χ2n) is 2.98. The van der Waals surface area contributed by atoms with E-state index >= 15 is 0 Å². The number of ether oxygens (including phenoxy) is 1. The number of halogens is 3. The Kier molecular flexibility index (Phi) is 2.92. The van der Waals surface area contributed by atoms with Crippen LogP contribution in [0, 0.1) is 17.0 Å². The van der Waals surface area contributed by atoms with Crippen LogP contribution in [0.15, 0.2) is 12.1 Å². The van der Waals surface area contributed by atoms with Gasteiger partial charge in [-0.2, -0.15) is 0 Å². The number of rotatable bonds is 2. The number of nitrogens with zero attached hydrogens (tertiary/aromatic N) is 1. The zero-order valence-corrected chi connectivity index (χ0v) is 8.04. The molecule has 2 N–H and O–H groups in total. The summed E-state index contributed by atoms with van der Waals surface area (Å²) >= 11 is 0. The molecule has 0 spiro atoms. The third-order valence-electron chi connectivity index (χ3n) is 1.77. The van der Waals surface area contributed by atoms with E-state index in [9.17, 15) is 23.3 Å². The molecule has 16 heavy (non-hydrogen) atoms. The molecule has 0 radical (unpaired) electrons. The number of hydrogen-bond donors (Lipinski definition) is 1. The molecule has 0 aromatic heterocycles. The van der Waals surface area contributed by atoms with Crippen molar-refractivity contribution >= 4 is 11.4 Å². The van der Waals surface area contributed by atoms with Gasteiger partial charge in [-0.3, -0.25) is 10.1 Å². The molecule has 1 aromatic carbocycles. The summed E-state index contributed by atoms with van der Waals surface area (Å²) in [7, 11) is 0. The summed E-state index contributed by atoms with van der Waals surface area (Å²) in [6.07, 6.45) is -4.89. The number of nitrogen functional groups attached to an aromatic ring is 1. The Hall–Kier alpha value is -1.99. The van der Waals surface area contributed by atoms with Gasteiger partial charge in [0.15, 0.2) is 0 Å². The zero-order chi connectivity index (χ0) is 12.5. The number of hydrogen-bond acceptors (Lipinski definition) is 4. The number of aryl methyl sites for hydroxylation is 1. The highest BCUT2D eigenvalue weighted by Gasteiger charge is 2.32. The van der Waals surface area contributed by atoms with Gasteiger partial charge in [-0.25, -0.2) is 0 Å². The van der Waals surface area contributed by atoms with Crippen LogP contribution in [0.1, 0.15) is 5.56 Å². The standard InChI is InChI=1S/C8H7F3N2O3/c1-4-2-5(16-8(9,10)11)3-6(7(4)12)13(14)15/h2-3H,12H2,1H3. The molecule has 8 heteroatoms. The van der Waals surface area contributed by atoms with Gasteiger partial charge < -0.3 is 10.5 Å². The van der Waals surface area contributed by atoms with Crippen molar-refractivity contribution in [1.82, 2.24) is 0 Å². The first-order chi connectivity index (χ1) is 7.20. The molecule has 5 nitrogen and oxygen atoms in total. The van der Waals surface area contributed by atoms with E-state index in [1.807, 2.05) is 0 Å². The minimum absolute atomic E-state index is 0.147. The molecule has 0 bridgehead atoms. The van der Waals surface area contributed by atoms with Gasteiger partial charge in [-0.1, -0.05) is 0 Å². The summed E-state index contributed by atoms with van der Waals surface area (Å²) in [6.45, 7) is 1.35. The zero-order valence-electron chi connectivity index (χ0n) is 8.04. The number of anilines is 1. The van der Waals surface area contributed by atoms with Gasteiger partial charge in [0.1, 0.15) is 11.4 Å². The first kappa shape index (κ1) is 12.1. The first-order valence-electron chi connectivity index (χ1n) is 4.01. The van der Waals surface area contributed by atoms with Crippen molar-refractivity contribution in [3.63, 3.8) is 0 Å². The van der Waals surface area contributed by atoms with Crippen LogP contribution in [-0.4, -0.2) is 11.3 Å². The van der Waals surface area contributed by atoms with E-state index < -0.39 is 22.7 Å². The Morgan fingerprint density at radius 3 is 2.44 bits per heavy atom. The third kappa shape index (κ3) is 2.75. The van der Waals surface area contributed by atoms with E-state index in [1.54, 1.807) is 0 Å². The van der Waals surface area contributed by atoms with Gasteiger partial charge in [0, 0.05) is 0 Å². The van der Waals surface area contributed by atoms with Crippen LogP contribution in [0.2, 0.25) is 0 Å². The Labute approximate surface area is 87.8 Å². The normalized spacial score (nSPS) is 11.2. The summed E-state index contributed by atoms with van der Waals surface area (Å²) < 4.78 is 39.2. The molecular weight excluding hydrogens is 229 g/mol. The fourth-order valence-corrected chi connectivity index (χ4v) is 1.09. The van der Waals surface area contributed by atoms with Crippen molar-refractivity contribution in [2.24, 2.45) is 0 Å². The highest BCUT2D eigenvalue weighted by atomic mass is 19.4. The summed E-state index contributed by atoms with van der Waals surface area (Å²) in [5.74, 6) is -0.661. The highest BCUT2D eigenvalue weighted by molar-refractivity contribution is 5.65. The fraction of sp³-hybridized carbons (Fsp3) is 0.250. The molecule has 0 fully saturated rings. The lowest BCUT2D eigenvalue weighted by atomic mass is 10.1. The van der Waals surface area contributed by atoms with Gasteiger partial charge in [-0.05, 0) is 18.6 Å². The van der Waals surface area contributed by atoms with Gasteiger partial charge in [-0.15, -0.1) is 13.2 Å². The van der Waals surface area contributed by atoms with Crippen molar-refractivity contribution in [3.05, 3.63) is 27.8 Å². The topological polar surface area (TPSA) is 78.4 Å². The lowest BCUT2D eigenvalue weighted by molar-refractivity contribution is -0.384. The van der Waals surface area contributed by atoms with Crippen LogP contribution >= 0.6 is 0 Å². The molecule has 0 saturated heterocycles. The van der Waals surface area contributed by atoms with Crippen LogP contribution in [0.3, 0.4) is 0 Å². The van der Waals surface area contributed by atoms with Gasteiger partial charge >= 0.3 is 6.36 Å². The monoisotopic (exact) mass is 236 g/mol. The summed E-state index contributed by atoms with van der Waals surface area (Å²) in [5, 5.41) is 10.5. The van der Waals surface area contributed by atoms with Gasteiger partial charge in [0.2, 0.25) is 0 Å². The van der Waals surface area contributed by atoms with Crippen LogP contribution < -0.4 is 10.5 Å². The molecule has 1 rings (SSSR count). The minimum Gasteiger partial charge on any atom is -0.406 e. The first-order valence-corrected chi connectivity index (χ1v) is 4.01. The Morgan fingerprint density at radius 2 is 2.00 bits per heavy atom. The van der Waals surface area contributed by atoms with E-state index in [-0.39, 0.29) is 11.3 Å². The van der Waals surface area contributed by atoms with Gasteiger partial charge in [0.25, 0.3) is 5.69 Å². The molecule has 1 aromatic rings. The molecular formula is C8H7F3N2O3. The van der Waals surface area contributed by atoms with E-state index in [0.717, 1.165) is 6.07 Å². The lowest BCUT2D eigenvalue weighted by Gasteiger charge is -2.10. The second-order valence-corrected chi connectivity index (χ2v) is 2.98. The Bertz CT molecular complexity index is 431. The molecule has 0 saturated carbocycles. The fourth-order valence-electron chi connectivity index (χ4n) is 1.09. The van der Waals surface area contributed by atoms with Crippen LogP contribution in [0.25, 0.3) is 0 Å². The maximum Gasteiger partial charge on any atom is 0.573 e. The molecule has 0 atom stereocenters. The summed E-state index contributed by atoms with van der Waals surface area (Å²) in [6, 6.07) is 1.62. The summed E-state index contributed by atoms with van der Waals surface area (Å²) in [4.78, 5) is 9.61. The molecule has 0 aliphatic carbocycles. The Balaban J connectivity index is 3.19. The van der Waals surface area contributed by atoms with E-state index in [4.69, 9.17) is 5.73 Å². The quantitative estimate of drug-likeness (QED) is 0.485. The number of nitro groups is 1. The number of nitro benzene ring substituents is 1. The number of alkyl halides is 3. The molecule has 88 valence electrons. The lowest BCUT2D eigenvalue weighted by Crippen LogP contribution is -2.17. The Morgan fingerprint density at radius 1 is 1.44 bits per heavy atom. The molecule has 0 aliphatic rings. The van der Waals surface area contributed by atoms with Crippen LogP contribution in [0.4, 0.5) is 24.5 Å². The second kappa shape index (κ2) is 3.87. The average Bonchev–Trinajstić information content (AvgIpc) is 2.07. The van der Waals surface area contributed by atoms with Crippen LogP contribution in [-0.2, 0) is 0 Å². The highest BCUT2D eigenvalue weighted by Crippen LogP contribution is 2.32. The van der Waals surface area contributed by atoms with Crippen LogP contribution in [0.5, 0.6) is 5.75 Å². The average molecular weight is 236 g/mol. The number of benzene rings is 1. The minimum atomic E-state index is -4.89. The van der Waals surface area contributed by atoms with E-state index in [1.165, 1.54) is 6.92 Å². The van der Waals surface area contributed by atoms with Crippen molar-refractivity contribution in [2.75, 3.05) is 5.73 Å². The van der Waals surface area contributed by atoms with Gasteiger partial charge in [0.05, 0.1) is 11.0 Å². The van der Waals surface area contributed by atoms with E-state index in [2.05, 4.69) is 4.74 Å². The predicted octanol–water partition coefficient (Wildman–Crippen LogP) is 2.38. The summed E-state index contributed by atoms with van der Waals surface area (Å²) in [5.41, 5.74) is 4.69. The maximum absolute atomic E-state index is 11.9. The predicted molar refractivity (Wildman–Crippen MR) is 48.9 cm³/mol. The third-order valence-corrected chi connectivity index (χ3v) is 1.77. The van der Waals surface area contributed by atoms with Crippen molar-refractivity contribution in [2.45, 2.75) is 13.3 Å². The molecule has 0 unspecified atom stereocenters. The molecule has 0 aliphatic heterocycles. The van der Waals surface area contributed by atoms with Crippen molar-refractivity contribution in [1.29, 1.82) is 0 Å². The smallest absolute Gasteiger partial charge is 0.406 e. The SMILES string of the molecule is Cc1cc(OC(F)(F)F)cc([N+](=O)[O-])c1N. The van der Waals surface area contributed by atoms with E-state index in [0.29, 0.717) is 6.07 Å². The van der Waals surface area contributed by atoms with Crippen molar-refractivity contribution < 1.29 is 22.8 Å². The maximum atomic E-state index is 11.9. The molecule has 0 heterocycles.